The average molecular weight is 304 g/mol. The highest BCUT2D eigenvalue weighted by Crippen LogP contribution is 2.27. The van der Waals surface area contributed by atoms with Crippen molar-refractivity contribution in [1.29, 1.82) is 0 Å². The molecule has 1 heterocycles. The molecule has 1 aromatic carbocycles. The van der Waals surface area contributed by atoms with Gasteiger partial charge in [-0.3, -0.25) is 9.59 Å². The van der Waals surface area contributed by atoms with Crippen molar-refractivity contribution in [3.05, 3.63) is 68.5 Å². The largest absolute Gasteiger partial charge is 0.376 e. The van der Waals surface area contributed by atoms with E-state index < -0.39 is 0 Å². The molecule has 0 bridgehead atoms. The number of thiophene rings is 1. The van der Waals surface area contributed by atoms with Crippen molar-refractivity contribution in [2.75, 3.05) is 0 Å². The molecule has 0 amide bonds. The SMILES string of the molecule is O=C1C(Cl)=C(NCc2cccs2)C(=O)c2ccccc21. The Labute approximate surface area is 124 Å². The van der Waals surface area contributed by atoms with E-state index in [0.29, 0.717) is 17.7 Å². The van der Waals surface area contributed by atoms with Gasteiger partial charge in [0, 0.05) is 22.5 Å². The summed E-state index contributed by atoms with van der Waals surface area (Å²) in [5, 5.41) is 4.90. The molecule has 0 atom stereocenters. The third kappa shape index (κ3) is 2.17. The minimum Gasteiger partial charge on any atom is -0.376 e. The lowest BCUT2D eigenvalue weighted by atomic mass is 9.92. The summed E-state index contributed by atoms with van der Waals surface area (Å²) in [6, 6.07) is 10.6. The second-order valence-electron chi connectivity index (χ2n) is 4.33. The molecule has 1 N–H and O–H groups in total. The molecule has 0 spiro atoms. The average Bonchev–Trinajstić information content (AvgIpc) is 2.98. The molecule has 1 aromatic heterocycles. The van der Waals surface area contributed by atoms with E-state index in [0.717, 1.165) is 4.88 Å². The van der Waals surface area contributed by atoms with Crippen LogP contribution in [0.25, 0.3) is 0 Å². The zero-order valence-electron chi connectivity index (χ0n) is 10.4. The molecule has 5 heteroatoms. The van der Waals surface area contributed by atoms with Crippen LogP contribution in [0.5, 0.6) is 0 Å². The quantitative estimate of drug-likeness (QED) is 0.945. The topological polar surface area (TPSA) is 46.2 Å². The molecule has 100 valence electrons. The molecular formula is C15H10ClNO2S. The van der Waals surface area contributed by atoms with Crippen LogP contribution in [0.15, 0.2) is 52.5 Å². The third-order valence-corrected chi connectivity index (χ3v) is 4.32. The van der Waals surface area contributed by atoms with Gasteiger partial charge in [-0.2, -0.15) is 0 Å². The first kappa shape index (κ1) is 13.1. The Hall–Kier alpha value is -1.91. The highest BCUT2D eigenvalue weighted by molar-refractivity contribution is 7.09. The molecule has 3 nitrogen and oxygen atoms in total. The number of hydrogen-bond donors (Lipinski definition) is 1. The van der Waals surface area contributed by atoms with Gasteiger partial charge < -0.3 is 5.32 Å². The summed E-state index contributed by atoms with van der Waals surface area (Å²) >= 11 is 7.62. The molecule has 3 rings (SSSR count). The zero-order chi connectivity index (χ0) is 14.1. The van der Waals surface area contributed by atoms with Gasteiger partial charge in [0.2, 0.25) is 11.6 Å². The number of ketones is 2. The number of carbonyl (C=O) groups is 2. The number of rotatable bonds is 3. The number of hydrogen-bond acceptors (Lipinski definition) is 4. The van der Waals surface area contributed by atoms with Crippen LogP contribution in [0.2, 0.25) is 0 Å². The van der Waals surface area contributed by atoms with Gasteiger partial charge in [-0.15, -0.1) is 11.3 Å². The van der Waals surface area contributed by atoms with Crippen molar-refractivity contribution in [1.82, 2.24) is 5.32 Å². The van der Waals surface area contributed by atoms with Gasteiger partial charge in [-0.1, -0.05) is 41.9 Å². The second kappa shape index (κ2) is 5.23. The summed E-state index contributed by atoms with van der Waals surface area (Å²) in [4.78, 5) is 25.6. The highest BCUT2D eigenvalue weighted by Gasteiger charge is 2.30. The third-order valence-electron chi connectivity index (χ3n) is 3.08. The van der Waals surface area contributed by atoms with Crippen molar-refractivity contribution < 1.29 is 9.59 Å². The van der Waals surface area contributed by atoms with E-state index >= 15 is 0 Å². The number of allylic oxidation sites excluding steroid dienone is 2. The smallest absolute Gasteiger partial charge is 0.211 e. The van der Waals surface area contributed by atoms with E-state index in [2.05, 4.69) is 5.32 Å². The summed E-state index contributed by atoms with van der Waals surface area (Å²) in [5.41, 5.74) is 0.948. The van der Waals surface area contributed by atoms with Crippen LogP contribution in [0, 0.1) is 0 Å². The fourth-order valence-corrected chi connectivity index (χ4v) is 2.99. The Morgan fingerprint density at radius 1 is 1.00 bits per heavy atom. The second-order valence-corrected chi connectivity index (χ2v) is 5.74. The number of halogens is 1. The predicted molar refractivity (Wildman–Crippen MR) is 79.1 cm³/mol. The van der Waals surface area contributed by atoms with E-state index in [-0.39, 0.29) is 22.3 Å². The van der Waals surface area contributed by atoms with Crippen molar-refractivity contribution in [2.24, 2.45) is 0 Å². The molecule has 0 fully saturated rings. The number of carbonyl (C=O) groups excluding carboxylic acids is 2. The summed E-state index contributed by atoms with van der Waals surface area (Å²) in [6.45, 7) is 0.477. The van der Waals surface area contributed by atoms with E-state index in [1.807, 2.05) is 17.5 Å². The van der Waals surface area contributed by atoms with Crippen LogP contribution in [-0.2, 0) is 6.54 Å². The molecule has 0 radical (unpaired) electrons. The van der Waals surface area contributed by atoms with Crippen molar-refractivity contribution in [3.63, 3.8) is 0 Å². The van der Waals surface area contributed by atoms with Crippen LogP contribution < -0.4 is 5.32 Å². The molecule has 2 aromatic rings. The Kier molecular flexibility index (Phi) is 3.42. The maximum Gasteiger partial charge on any atom is 0.211 e. The molecule has 0 saturated carbocycles. The first-order chi connectivity index (χ1) is 9.68. The fraction of sp³-hybridized carbons (Fsp3) is 0.0667. The van der Waals surface area contributed by atoms with Gasteiger partial charge in [-0.25, -0.2) is 0 Å². The lowest BCUT2D eigenvalue weighted by Crippen LogP contribution is -2.28. The summed E-state index contributed by atoms with van der Waals surface area (Å²) < 4.78 is 0. The van der Waals surface area contributed by atoms with Gasteiger partial charge >= 0.3 is 0 Å². The molecular weight excluding hydrogens is 294 g/mol. The number of nitrogens with one attached hydrogen (secondary N) is 1. The van der Waals surface area contributed by atoms with Gasteiger partial charge in [0.05, 0.1) is 0 Å². The molecule has 1 aliphatic carbocycles. The summed E-state index contributed by atoms with van der Waals surface area (Å²) in [7, 11) is 0. The minimum atomic E-state index is -0.310. The Balaban J connectivity index is 1.93. The van der Waals surface area contributed by atoms with Gasteiger partial charge in [0.15, 0.2) is 0 Å². The molecule has 1 aliphatic rings. The fourth-order valence-electron chi connectivity index (χ4n) is 2.09. The molecule has 0 unspecified atom stereocenters. The van der Waals surface area contributed by atoms with Crippen LogP contribution in [-0.4, -0.2) is 11.6 Å². The number of fused-ring (bicyclic) bond motifs is 1. The maximum atomic E-state index is 12.4. The van der Waals surface area contributed by atoms with Crippen molar-refractivity contribution >= 4 is 34.5 Å². The van der Waals surface area contributed by atoms with Crippen LogP contribution in [0.3, 0.4) is 0 Å². The van der Waals surface area contributed by atoms with Crippen LogP contribution in [0.1, 0.15) is 25.6 Å². The monoisotopic (exact) mass is 303 g/mol. The zero-order valence-corrected chi connectivity index (χ0v) is 11.9. The van der Waals surface area contributed by atoms with E-state index in [1.165, 1.54) is 0 Å². The Morgan fingerprint density at radius 2 is 1.70 bits per heavy atom. The van der Waals surface area contributed by atoms with Crippen molar-refractivity contribution in [2.45, 2.75) is 6.54 Å². The van der Waals surface area contributed by atoms with Gasteiger partial charge in [0.25, 0.3) is 0 Å². The first-order valence-corrected chi connectivity index (χ1v) is 7.28. The maximum absolute atomic E-state index is 12.4. The standard InChI is InChI=1S/C15H10ClNO2S/c16-12-13(17-8-9-4-3-7-20-9)15(19)11-6-2-1-5-10(11)14(12)18/h1-7,17H,8H2. The van der Waals surface area contributed by atoms with Gasteiger partial charge in [0.1, 0.15) is 10.7 Å². The van der Waals surface area contributed by atoms with E-state index in [1.54, 1.807) is 35.6 Å². The number of Topliss-reactive ketones (excluding diaryl/α,β-unsaturated/α-hetero) is 2. The molecule has 0 saturated heterocycles. The summed E-state index contributed by atoms with van der Waals surface area (Å²) in [5.74, 6) is -0.544. The van der Waals surface area contributed by atoms with Gasteiger partial charge in [-0.05, 0) is 11.4 Å². The van der Waals surface area contributed by atoms with Crippen molar-refractivity contribution in [3.8, 4) is 0 Å². The predicted octanol–water partition coefficient (Wildman–Crippen LogP) is 3.37. The summed E-state index contributed by atoms with van der Waals surface area (Å²) in [6.07, 6.45) is 0. The van der Waals surface area contributed by atoms with E-state index in [9.17, 15) is 9.59 Å². The lowest BCUT2D eigenvalue weighted by Gasteiger charge is -2.18. The Morgan fingerprint density at radius 3 is 2.35 bits per heavy atom. The molecule has 0 aliphatic heterocycles. The molecule has 20 heavy (non-hydrogen) atoms. The first-order valence-electron chi connectivity index (χ1n) is 6.03. The van der Waals surface area contributed by atoms with Crippen LogP contribution >= 0.6 is 22.9 Å². The lowest BCUT2D eigenvalue weighted by molar-refractivity contribution is 0.0974. The number of benzene rings is 1. The van der Waals surface area contributed by atoms with E-state index in [4.69, 9.17) is 11.6 Å². The minimum absolute atomic E-state index is 0.0368. The van der Waals surface area contributed by atoms with Crippen LogP contribution in [0.4, 0.5) is 0 Å². The normalized spacial score (nSPS) is 14.4. The Bertz CT molecular complexity index is 719. The highest BCUT2D eigenvalue weighted by atomic mass is 35.5.